The van der Waals surface area contributed by atoms with Crippen LogP contribution in [0.3, 0.4) is 0 Å². The molecule has 0 saturated heterocycles. The summed E-state index contributed by atoms with van der Waals surface area (Å²) >= 11 is 6.29. The van der Waals surface area contributed by atoms with Crippen molar-refractivity contribution < 1.29 is 31.5 Å². The monoisotopic (exact) mass is 573 g/mol. The maximum Gasteiger partial charge on any atom is 0.255 e. The Morgan fingerprint density at radius 2 is 1.59 bits per heavy atom. The van der Waals surface area contributed by atoms with Gasteiger partial charge in [0, 0.05) is 28.9 Å². The highest BCUT2D eigenvalue weighted by Crippen LogP contribution is 2.51. The molecule has 2 unspecified atom stereocenters. The van der Waals surface area contributed by atoms with E-state index < -0.39 is 44.0 Å². The summed E-state index contributed by atoms with van der Waals surface area (Å²) in [4.78, 5) is 12.5. The second kappa shape index (κ2) is 10.3. The number of hydrogen-bond acceptors (Lipinski definition) is 4. The number of anilines is 1. The van der Waals surface area contributed by atoms with E-state index in [-0.39, 0.29) is 45.8 Å². The van der Waals surface area contributed by atoms with E-state index in [4.69, 9.17) is 11.6 Å². The number of halogens is 4. The molecule has 2 aliphatic rings. The van der Waals surface area contributed by atoms with E-state index in [0.29, 0.717) is 25.0 Å². The normalized spacial score (nSPS) is 24.1. The molecule has 3 aromatic carbocycles. The molecule has 2 bridgehead atoms. The van der Waals surface area contributed by atoms with E-state index in [9.17, 15) is 31.5 Å². The molecule has 0 radical (unpaired) electrons. The van der Waals surface area contributed by atoms with Gasteiger partial charge < -0.3 is 10.4 Å². The summed E-state index contributed by atoms with van der Waals surface area (Å²) in [5.74, 6) is -0.271. The molecule has 1 amide bonds. The van der Waals surface area contributed by atoms with Gasteiger partial charge in [-0.25, -0.2) is 21.6 Å². The van der Waals surface area contributed by atoms with Crippen LogP contribution in [0.1, 0.15) is 41.6 Å². The molecule has 2 fully saturated rings. The van der Waals surface area contributed by atoms with E-state index in [1.807, 2.05) is 30.3 Å². The van der Waals surface area contributed by atoms with Gasteiger partial charge in [-0.05, 0) is 67.9 Å². The van der Waals surface area contributed by atoms with Gasteiger partial charge in [-0.3, -0.25) is 4.79 Å². The van der Waals surface area contributed by atoms with E-state index in [1.54, 1.807) is 0 Å². The van der Waals surface area contributed by atoms with Crippen LogP contribution in [0.15, 0.2) is 65.6 Å². The first-order valence-corrected chi connectivity index (χ1v) is 14.2. The molecule has 10 heteroatoms. The molecular weight excluding hydrogens is 551 g/mol. The lowest BCUT2D eigenvalue weighted by Crippen LogP contribution is -2.45. The van der Waals surface area contributed by atoms with Crippen molar-refractivity contribution in [1.29, 1.82) is 0 Å². The largest absolute Gasteiger partial charge is 0.378 e. The van der Waals surface area contributed by atoms with Crippen LogP contribution >= 0.6 is 11.6 Å². The van der Waals surface area contributed by atoms with Gasteiger partial charge >= 0.3 is 0 Å². The Hall–Kier alpha value is -3.32. The first kappa shape index (κ1) is 27.3. The van der Waals surface area contributed by atoms with Crippen molar-refractivity contribution in [3.05, 3.63) is 94.3 Å². The average Bonchev–Trinajstić information content (AvgIpc) is 3.20. The SMILES string of the molecule is O=C(Nc1cc(F)c(F)c(F)c1)c1ccc(Cl)c(S(=O)(=O)C2C3CC[C@H]2C[C@](O)(C#Cc2ccccc2)C3)c1. The maximum atomic E-state index is 13.8. The van der Waals surface area contributed by atoms with Crippen LogP contribution in [0.25, 0.3) is 0 Å². The van der Waals surface area contributed by atoms with Gasteiger partial charge in [0.1, 0.15) is 5.60 Å². The van der Waals surface area contributed by atoms with E-state index in [0.717, 1.165) is 11.6 Å². The molecule has 2 N–H and O–H groups in total. The molecule has 5 nitrogen and oxygen atoms in total. The molecule has 0 spiro atoms. The van der Waals surface area contributed by atoms with Crippen LogP contribution in [0, 0.1) is 41.1 Å². The Morgan fingerprint density at radius 1 is 0.974 bits per heavy atom. The first-order chi connectivity index (χ1) is 18.5. The first-order valence-electron chi connectivity index (χ1n) is 12.3. The lowest BCUT2D eigenvalue weighted by atomic mass is 9.77. The number of carbonyl (C=O) groups excluding carboxylic acids is 1. The lowest BCUT2D eigenvalue weighted by Gasteiger charge is -2.38. The van der Waals surface area contributed by atoms with Gasteiger partial charge in [-0.15, -0.1) is 0 Å². The smallest absolute Gasteiger partial charge is 0.255 e. The zero-order valence-electron chi connectivity index (χ0n) is 20.4. The summed E-state index contributed by atoms with van der Waals surface area (Å²) in [5, 5.41) is 12.6. The van der Waals surface area contributed by atoms with Crippen molar-refractivity contribution in [2.45, 2.75) is 41.4 Å². The van der Waals surface area contributed by atoms with Gasteiger partial charge in [-0.2, -0.15) is 0 Å². The molecular formula is C29H23ClF3NO4S. The zero-order valence-corrected chi connectivity index (χ0v) is 22.0. The molecule has 0 heterocycles. The topological polar surface area (TPSA) is 83.5 Å². The van der Waals surface area contributed by atoms with Gasteiger partial charge in [0.05, 0.1) is 15.2 Å². The number of amides is 1. The number of fused-ring (bicyclic) bond motifs is 2. The van der Waals surface area contributed by atoms with Crippen LogP contribution in [0.2, 0.25) is 5.02 Å². The highest BCUT2D eigenvalue weighted by atomic mass is 35.5. The number of carbonyl (C=O) groups is 1. The van der Waals surface area contributed by atoms with E-state index in [1.165, 1.54) is 12.1 Å². The molecule has 0 aliphatic heterocycles. The summed E-state index contributed by atoms with van der Waals surface area (Å²) in [6, 6.07) is 14.1. The van der Waals surface area contributed by atoms with Crippen LogP contribution < -0.4 is 5.32 Å². The Bertz CT molecular complexity index is 1580. The lowest BCUT2D eigenvalue weighted by molar-refractivity contribution is 0.0340. The third-order valence-corrected chi connectivity index (χ3v) is 10.2. The summed E-state index contributed by atoms with van der Waals surface area (Å²) < 4.78 is 68.0. The van der Waals surface area contributed by atoms with Gasteiger partial charge in [-0.1, -0.05) is 41.6 Å². The average molecular weight is 574 g/mol. The van der Waals surface area contributed by atoms with Crippen molar-refractivity contribution in [2.24, 2.45) is 11.8 Å². The van der Waals surface area contributed by atoms with E-state index >= 15 is 0 Å². The Labute approximate surface area is 228 Å². The quantitative estimate of drug-likeness (QED) is 0.307. The molecule has 5 rings (SSSR count). The Kier molecular flexibility index (Phi) is 7.23. The fourth-order valence-electron chi connectivity index (χ4n) is 5.69. The molecule has 4 atom stereocenters. The van der Waals surface area contributed by atoms with Crippen molar-refractivity contribution in [2.75, 3.05) is 5.32 Å². The van der Waals surface area contributed by atoms with Gasteiger partial charge in [0.25, 0.3) is 5.91 Å². The minimum Gasteiger partial charge on any atom is -0.378 e. The predicted octanol–water partition coefficient (Wildman–Crippen LogP) is 5.75. The molecule has 0 aromatic heterocycles. The number of benzene rings is 3. The number of nitrogens with one attached hydrogen (secondary N) is 1. The van der Waals surface area contributed by atoms with Crippen molar-refractivity contribution in [3.63, 3.8) is 0 Å². The molecule has 39 heavy (non-hydrogen) atoms. The zero-order chi connectivity index (χ0) is 27.9. The van der Waals surface area contributed by atoms with Crippen LogP contribution in [-0.4, -0.2) is 30.3 Å². The highest BCUT2D eigenvalue weighted by Gasteiger charge is 2.54. The standard InChI is InChI=1S/C29H23ClF3NO4S/c30-22-9-8-18(28(35)34-21-13-23(31)26(33)24(32)14-21)12-25(22)39(37,38)27-19-6-7-20(27)16-29(36,15-19)11-10-17-4-2-1-3-5-17/h1-5,8-9,12-14,19-20,27,36H,6-7,15-16H2,(H,34,35)/t19-,20?,27?,29+/m0/s1. The van der Waals surface area contributed by atoms with Crippen molar-refractivity contribution >= 4 is 33.0 Å². The number of hydrogen-bond donors (Lipinski definition) is 2. The molecule has 2 saturated carbocycles. The van der Waals surface area contributed by atoms with E-state index in [2.05, 4.69) is 17.2 Å². The molecule has 2 aliphatic carbocycles. The van der Waals surface area contributed by atoms with Crippen molar-refractivity contribution in [1.82, 2.24) is 0 Å². The van der Waals surface area contributed by atoms with Gasteiger partial charge in [0.2, 0.25) is 0 Å². The van der Waals surface area contributed by atoms with Gasteiger partial charge in [0.15, 0.2) is 27.3 Å². The Morgan fingerprint density at radius 3 is 2.21 bits per heavy atom. The predicted molar refractivity (Wildman–Crippen MR) is 140 cm³/mol. The second-order valence-corrected chi connectivity index (χ2v) is 12.5. The van der Waals surface area contributed by atoms with Crippen LogP contribution in [0.5, 0.6) is 0 Å². The highest BCUT2D eigenvalue weighted by molar-refractivity contribution is 7.92. The number of rotatable bonds is 4. The Balaban J connectivity index is 1.39. The second-order valence-electron chi connectivity index (χ2n) is 10.0. The van der Waals surface area contributed by atoms with Crippen LogP contribution in [0.4, 0.5) is 18.9 Å². The number of sulfone groups is 1. The summed E-state index contributed by atoms with van der Waals surface area (Å²) in [7, 11) is -4.03. The summed E-state index contributed by atoms with van der Waals surface area (Å²) in [6.07, 6.45) is 1.58. The minimum atomic E-state index is -4.03. The summed E-state index contributed by atoms with van der Waals surface area (Å²) in [5.41, 5.74) is -1.02. The number of aliphatic hydroxyl groups is 1. The minimum absolute atomic E-state index is 0.0745. The fourth-order valence-corrected chi connectivity index (χ4v) is 8.53. The summed E-state index contributed by atoms with van der Waals surface area (Å²) in [6.45, 7) is 0. The molecule has 3 aromatic rings. The third-order valence-electron chi connectivity index (χ3n) is 7.35. The molecule has 202 valence electrons. The fraction of sp³-hybridized carbons (Fsp3) is 0.276. The van der Waals surface area contributed by atoms with Crippen molar-refractivity contribution in [3.8, 4) is 11.8 Å². The maximum absolute atomic E-state index is 13.8. The third kappa shape index (κ3) is 5.42. The van der Waals surface area contributed by atoms with Crippen LogP contribution in [-0.2, 0) is 9.84 Å².